The van der Waals surface area contributed by atoms with Crippen LogP contribution in [0.3, 0.4) is 0 Å². The summed E-state index contributed by atoms with van der Waals surface area (Å²) >= 11 is 0. The molecule has 0 radical (unpaired) electrons. The molecule has 0 aliphatic heterocycles. The van der Waals surface area contributed by atoms with Crippen molar-refractivity contribution >= 4 is 10.5 Å². The monoisotopic (exact) mass is 292 g/mol. The summed E-state index contributed by atoms with van der Waals surface area (Å²) in [5.74, 6) is 0.588. The highest BCUT2D eigenvalue weighted by Crippen LogP contribution is 2.29. The molecule has 2 heteroatoms. The Hall–Kier alpha value is -0.603. The molecule has 0 aliphatic rings. The molecule has 1 aromatic carbocycles. The lowest BCUT2D eigenvalue weighted by atomic mass is 9.87. The van der Waals surface area contributed by atoms with Gasteiger partial charge in [0.05, 0.1) is 6.10 Å². The van der Waals surface area contributed by atoms with Crippen LogP contribution in [-0.4, -0.2) is 16.6 Å². The van der Waals surface area contributed by atoms with Gasteiger partial charge in [-0.25, -0.2) is 0 Å². The van der Waals surface area contributed by atoms with E-state index in [1.807, 2.05) is 0 Å². The number of hydrogen-bond donors (Lipinski definition) is 0. The van der Waals surface area contributed by atoms with Crippen LogP contribution in [0, 0.1) is 0 Å². The molecule has 0 aromatic heterocycles. The first-order chi connectivity index (χ1) is 9.83. The second-order valence-electron chi connectivity index (χ2n) is 5.76. The average molecular weight is 293 g/mol. The molecule has 0 N–H and O–H groups in total. The Morgan fingerprint density at radius 2 is 1.60 bits per heavy atom. The summed E-state index contributed by atoms with van der Waals surface area (Å²) in [4.78, 5) is 0. The Morgan fingerprint density at radius 1 is 0.950 bits per heavy atom. The van der Waals surface area contributed by atoms with E-state index in [0.717, 1.165) is 16.9 Å². The van der Waals surface area contributed by atoms with Gasteiger partial charge in [-0.2, -0.15) is 0 Å². The Morgan fingerprint density at radius 3 is 2.20 bits per heavy atom. The molecule has 2 unspecified atom stereocenters. The van der Waals surface area contributed by atoms with Gasteiger partial charge in [-0.15, -0.1) is 0 Å². The van der Waals surface area contributed by atoms with Crippen molar-refractivity contribution in [2.45, 2.75) is 77.2 Å². The SMILES string of the molecule is CCCCCCCCC(c1ccccc1)C(CC)O[SiH3]. The fraction of sp³-hybridized carbons (Fsp3) is 0.667. The molecule has 0 aliphatic carbocycles. The predicted molar refractivity (Wildman–Crippen MR) is 92.3 cm³/mol. The maximum Gasteiger partial charge on any atom is 0.146 e. The summed E-state index contributed by atoms with van der Waals surface area (Å²) in [6, 6.07) is 11.0. The third-order valence-corrected chi connectivity index (χ3v) is 4.86. The Labute approximate surface area is 128 Å². The van der Waals surface area contributed by atoms with Gasteiger partial charge in [-0.1, -0.05) is 82.7 Å². The van der Waals surface area contributed by atoms with Crippen LogP contribution in [0.15, 0.2) is 30.3 Å². The number of unbranched alkanes of at least 4 members (excludes halogenated alkanes) is 5. The van der Waals surface area contributed by atoms with Gasteiger partial charge < -0.3 is 4.43 Å². The van der Waals surface area contributed by atoms with Crippen LogP contribution < -0.4 is 0 Å². The molecule has 0 amide bonds. The molecule has 20 heavy (non-hydrogen) atoms. The van der Waals surface area contributed by atoms with Crippen LogP contribution in [-0.2, 0) is 4.43 Å². The maximum atomic E-state index is 5.85. The fourth-order valence-corrected chi connectivity index (χ4v) is 3.69. The molecule has 0 saturated heterocycles. The Balaban J connectivity index is 2.47. The molecule has 2 atom stereocenters. The van der Waals surface area contributed by atoms with Crippen molar-refractivity contribution in [1.29, 1.82) is 0 Å². The van der Waals surface area contributed by atoms with Crippen LogP contribution in [0.4, 0.5) is 0 Å². The lowest BCUT2D eigenvalue weighted by Gasteiger charge is -2.26. The largest absolute Gasteiger partial charge is 0.424 e. The van der Waals surface area contributed by atoms with E-state index in [1.165, 1.54) is 50.5 Å². The van der Waals surface area contributed by atoms with Crippen LogP contribution in [0.2, 0.25) is 0 Å². The predicted octanol–water partition coefficient (Wildman–Crippen LogP) is 4.60. The second-order valence-corrected chi connectivity index (χ2v) is 6.23. The maximum absolute atomic E-state index is 5.85. The van der Waals surface area contributed by atoms with Gasteiger partial charge in [0.15, 0.2) is 0 Å². The van der Waals surface area contributed by atoms with Gasteiger partial charge in [-0.05, 0) is 18.4 Å². The summed E-state index contributed by atoms with van der Waals surface area (Å²) in [5.41, 5.74) is 1.46. The van der Waals surface area contributed by atoms with E-state index < -0.39 is 0 Å². The lowest BCUT2D eigenvalue weighted by Crippen LogP contribution is -2.21. The zero-order valence-electron chi connectivity index (χ0n) is 13.6. The minimum Gasteiger partial charge on any atom is -0.424 e. The molecule has 0 heterocycles. The van der Waals surface area contributed by atoms with Crippen LogP contribution in [0.1, 0.15) is 76.7 Å². The lowest BCUT2D eigenvalue weighted by molar-refractivity contribution is 0.173. The normalized spacial score (nSPS) is 14.3. The molecule has 0 fully saturated rings. The van der Waals surface area contributed by atoms with Crippen LogP contribution >= 0.6 is 0 Å². The first-order valence-electron chi connectivity index (χ1n) is 8.41. The van der Waals surface area contributed by atoms with Gasteiger partial charge in [0, 0.05) is 5.92 Å². The molecule has 1 aromatic rings. The van der Waals surface area contributed by atoms with Crippen molar-refractivity contribution in [3.8, 4) is 0 Å². The molecular weight excluding hydrogens is 260 g/mol. The quantitative estimate of drug-likeness (QED) is 0.428. The van der Waals surface area contributed by atoms with Crippen LogP contribution in [0.5, 0.6) is 0 Å². The summed E-state index contributed by atoms with van der Waals surface area (Å²) in [6.07, 6.45) is 11.1. The van der Waals surface area contributed by atoms with Crippen molar-refractivity contribution in [2.75, 3.05) is 0 Å². The van der Waals surface area contributed by atoms with E-state index in [2.05, 4.69) is 44.2 Å². The number of benzene rings is 1. The van der Waals surface area contributed by atoms with Crippen molar-refractivity contribution in [3.63, 3.8) is 0 Å². The molecule has 114 valence electrons. The highest BCUT2D eigenvalue weighted by molar-refractivity contribution is 5.98. The molecular formula is C18H32OSi. The Bertz CT molecular complexity index is 321. The zero-order chi connectivity index (χ0) is 14.6. The van der Waals surface area contributed by atoms with Crippen molar-refractivity contribution in [1.82, 2.24) is 0 Å². The smallest absolute Gasteiger partial charge is 0.146 e. The van der Waals surface area contributed by atoms with E-state index in [4.69, 9.17) is 4.43 Å². The van der Waals surface area contributed by atoms with E-state index in [9.17, 15) is 0 Å². The summed E-state index contributed by atoms with van der Waals surface area (Å²) in [5, 5.41) is 0. The standard InChI is InChI=1S/C18H32OSi/c1-3-5-6-7-8-12-15-17(18(4-2)19-20)16-13-10-9-11-14-16/h9-11,13-14,17-18H,3-8,12,15H2,1-2,20H3. The third kappa shape index (κ3) is 6.23. The number of rotatable bonds is 11. The van der Waals surface area contributed by atoms with Crippen molar-refractivity contribution in [3.05, 3.63) is 35.9 Å². The van der Waals surface area contributed by atoms with E-state index in [0.29, 0.717) is 12.0 Å². The highest BCUT2D eigenvalue weighted by Gasteiger charge is 2.20. The third-order valence-electron chi connectivity index (χ3n) is 4.25. The molecule has 0 spiro atoms. The van der Waals surface area contributed by atoms with E-state index in [-0.39, 0.29) is 0 Å². The second kappa shape index (κ2) is 11.1. The first kappa shape index (κ1) is 17.4. The van der Waals surface area contributed by atoms with E-state index >= 15 is 0 Å². The van der Waals surface area contributed by atoms with Gasteiger partial charge in [0.2, 0.25) is 0 Å². The summed E-state index contributed by atoms with van der Waals surface area (Å²) in [7, 11) is 0.842. The minimum absolute atomic E-state index is 0.416. The fourth-order valence-electron chi connectivity index (χ4n) is 3.03. The van der Waals surface area contributed by atoms with Gasteiger partial charge in [-0.3, -0.25) is 0 Å². The zero-order valence-corrected chi connectivity index (χ0v) is 15.6. The van der Waals surface area contributed by atoms with Gasteiger partial charge >= 0.3 is 0 Å². The topological polar surface area (TPSA) is 9.23 Å². The molecule has 0 saturated carbocycles. The van der Waals surface area contributed by atoms with Crippen molar-refractivity contribution < 1.29 is 4.43 Å². The number of hydrogen-bond acceptors (Lipinski definition) is 1. The van der Waals surface area contributed by atoms with Crippen molar-refractivity contribution in [2.24, 2.45) is 0 Å². The molecule has 1 rings (SSSR count). The highest BCUT2D eigenvalue weighted by atomic mass is 28.2. The Kier molecular flexibility index (Phi) is 9.68. The minimum atomic E-state index is 0.416. The summed E-state index contributed by atoms with van der Waals surface area (Å²) in [6.45, 7) is 4.53. The first-order valence-corrected chi connectivity index (χ1v) is 9.22. The summed E-state index contributed by atoms with van der Waals surface area (Å²) < 4.78 is 5.85. The molecule has 1 nitrogen and oxygen atoms in total. The van der Waals surface area contributed by atoms with Gasteiger partial charge in [0.1, 0.15) is 10.5 Å². The average Bonchev–Trinajstić information content (AvgIpc) is 2.50. The molecule has 0 bridgehead atoms. The van der Waals surface area contributed by atoms with E-state index in [1.54, 1.807) is 0 Å². The van der Waals surface area contributed by atoms with Crippen LogP contribution in [0.25, 0.3) is 0 Å². The van der Waals surface area contributed by atoms with Gasteiger partial charge in [0.25, 0.3) is 0 Å².